The molecule has 1 aliphatic rings. The number of carbonyl (C=O) groups excluding carboxylic acids is 1. The summed E-state index contributed by atoms with van der Waals surface area (Å²) in [7, 11) is 0. The molecule has 1 fully saturated rings. The molecule has 1 unspecified atom stereocenters. The fraction of sp³-hybridized carbons (Fsp3) is 0.750. The van der Waals surface area contributed by atoms with E-state index in [1.165, 1.54) is 0 Å². The Balaban J connectivity index is 2.69. The zero-order valence-electron chi connectivity index (χ0n) is 13.0. The Labute approximate surface area is 127 Å². The van der Waals surface area contributed by atoms with E-state index in [9.17, 15) is 9.59 Å². The quantitative estimate of drug-likeness (QED) is 0.709. The summed E-state index contributed by atoms with van der Waals surface area (Å²) in [6.07, 6.45) is 10.3. The van der Waals surface area contributed by atoms with Gasteiger partial charge in [0.1, 0.15) is 6.04 Å². The average molecular weight is 294 g/mol. The molecule has 1 aliphatic carbocycles. The van der Waals surface area contributed by atoms with Gasteiger partial charge in [0.15, 0.2) is 0 Å². The van der Waals surface area contributed by atoms with E-state index >= 15 is 0 Å². The van der Waals surface area contributed by atoms with Gasteiger partial charge in [-0.05, 0) is 25.2 Å². The van der Waals surface area contributed by atoms with E-state index in [0.717, 1.165) is 32.1 Å². The van der Waals surface area contributed by atoms with Crippen LogP contribution in [0.5, 0.6) is 0 Å². The van der Waals surface area contributed by atoms with Gasteiger partial charge in [0, 0.05) is 19.0 Å². The number of carboxylic acid groups (broad SMARTS) is 1. The maximum absolute atomic E-state index is 12.4. The first kappa shape index (κ1) is 17.4. The minimum Gasteiger partial charge on any atom is -0.480 e. The summed E-state index contributed by atoms with van der Waals surface area (Å²) < 4.78 is 0. The number of nitrogens with one attached hydrogen (secondary N) is 1. The Hall–Kier alpha value is -1.70. The van der Waals surface area contributed by atoms with Crippen LogP contribution in [0.15, 0.2) is 0 Å². The molecular formula is C16H26N2O3. The summed E-state index contributed by atoms with van der Waals surface area (Å²) in [6.45, 7) is 4.89. The number of hydrogen-bond donors (Lipinski definition) is 2. The lowest BCUT2D eigenvalue weighted by molar-refractivity contribution is -0.139. The molecule has 0 saturated heterocycles. The molecule has 1 rings (SSSR count). The molecule has 0 heterocycles. The first-order chi connectivity index (χ1) is 9.95. The van der Waals surface area contributed by atoms with Crippen LogP contribution in [0.25, 0.3) is 0 Å². The lowest BCUT2D eigenvalue weighted by Crippen LogP contribution is -2.51. The van der Waals surface area contributed by atoms with Gasteiger partial charge in [0.2, 0.25) is 0 Å². The Morgan fingerprint density at radius 2 is 2.00 bits per heavy atom. The van der Waals surface area contributed by atoms with Crippen LogP contribution in [-0.2, 0) is 4.79 Å². The van der Waals surface area contributed by atoms with Crippen molar-refractivity contribution in [2.75, 3.05) is 6.54 Å². The maximum atomic E-state index is 12.4. The molecule has 21 heavy (non-hydrogen) atoms. The second kappa shape index (κ2) is 8.56. The van der Waals surface area contributed by atoms with Crippen molar-refractivity contribution in [2.45, 2.75) is 64.5 Å². The number of urea groups is 1. The Morgan fingerprint density at radius 1 is 1.38 bits per heavy atom. The highest BCUT2D eigenvalue weighted by molar-refractivity contribution is 5.83. The minimum absolute atomic E-state index is 0.00373. The van der Waals surface area contributed by atoms with E-state index in [2.05, 4.69) is 25.1 Å². The molecule has 0 aliphatic heterocycles. The van der Waals surface area contributed by atoms with E-state index in [0.29, 0.717) is 12.5 Å². The number of carboxylic acids is 1. The summed E-state index contributed by atoms with van der Waals surface area (Å²) >= 11 is 0. The second-order valence-corrected chi connectivity index (χ2v) is 6.06. The number of carbonyl (C=O) groups is 2. The molecule has 5 nitrogen and oxygen atoms in total. The van der Waals surface area contributed by atoms with E-state index in [1.54, 1.807) is 4.90 Å². The van der Waals surface area contributed by atoms with Gasteiger partial charge in [-0.15, -0.1) is 12.3 Å². The lowest BCUT2D eigenvalue weighted by Gasteiger charge is -2.30. The number of nitrogens with zero attached hydrogens (tertiary/aromatic N) is 1. The van der Waals surface area contributed by atoms with Gasteiger partial charge >= 0.3 is 12.0 Å². The SMILES string of the molecule is C#CCC(NC(=O)N(CCC(C)C)C1CCCC1)C(=O)O. The second-order valence-electron chi connectivity index (χ2n) is 6.06. The van der Waals surface area contributed by atoms with Crippen LogP contribution in [0.3, 0.4) is 0 Å². The van der Waals surface area contributed by atoms with E-state index < -0.39 is 12.0 Å². The monoisotopic (exact) mass is 294 g/mol. The molecule has 0 radical (unpaired) electrons. The van der Waals surface area contributed by atoms with Gasteiger partial charge in [0.05, 0.1) is 0 Å². The van der Waals surface area contributed by atoms with Crippen molar-refractivity contribution >= 4 is 12.0 Å². The predicted octanol–water partition coefficient (Wildman–Crippen LogP) is 2.46. The number of rotatable bonds is 7. The molecule has 1 atom stereocenters. The molecule has 0 bridgehead atoms. The summed E-state index contributed by atoms with van der Waals surface area (Å²) in [5, 5.41) is 11.7. The first-order valence-electron chi connectivity index (χ1n) is 7.69. The molecule has 2 N–H and O–H groups in total. The van der Waals surface area contributed by atoms with Crippen LogP contribution >= 0.6 is 0 Å². The molecular weight excluding hydrogens is 268 g/mol. The van der Waals surface area contributed by atoms with Crippen LogP contribution < -0.4 is 5.32 Å². The van der Waals surface area contributed by atoms with Crippen molar-refractivity contribution in [1.82, 2.24) is 10.2 Å². The van der Waals surface area contributed by atoms with Crippen molar-refractivity contribution < 1.29 is 14.7 Å². The minimum atomic E-state index is -1.09. The third-order valence-corrected chi connectivity index (χ3v) is 3.89. The summed E-state index contributed by atoms with van der Waals surface area (Å²) in [4.78, 5) is 25.3. The van der Waals surface area contributed by atoms with E-state index in [4.69, 9.17) is 11.5 Å². The van der Waals surface area contributed by atoms with Crippen LogP contribution in [0.4, 0.5) is 4.79 Å². The van der Waals surface area contributed by atoms with Crippen LogP contribution in [0, 0.1) is 18.3 Å². The van der Waals surface area contributed by atoms with Gasteiger partial charge in [-0.25, -0.2) is 9.59 Å². The Morgan fingerprint density at radius 3 is 2.48 bits per heavy atom. The first-order valence-corrected chi connectivity index (χ1v) is 7.69. The van der Waals surface area contributed by atoms with Crippen molar-refractivity contribution in [3.05, 3.63) is 0 Å². The smallest absolute Gasteiger partial charge is 0.327 e. The molecule has 1 saturated carbocycles. The Kier molecular flexibility index (Phi) is 7.07. The van der Waals surface area contributed by atoms with Gasteiger partial charge in [0.25, 0.3) is 0 Å². The molecule has 2 amide bonds. The highest BCUT2D eigenvalue weighted by Crippen LogP contribution is 2.24. The summed E-state index contributed by atoms with van der Waals surface area (Å²) in [6, 6.07) is -1.08. The fourth-order valence-corrected chi connectivity index (χ4v) is 2.61. The van der Waals surface area contributed by atoms with Crippen molar-refractivity contribution in [3.8, 4) is 12.3 Å². The van der Waals surface area contributed by atoms with Crippen molar-refractivity contribution in [1.29, 1.82) is 0 Å². The fourth-order valence-electron chi connectivity index (χ4n) is 2.61. The highest BCUT2D eigenvalue weighted by Gasteiger charge is 2.29. The molecule has 5 heteroatoms. The van der Waals surface area contributed by atoms with Gasteiger partial charge in [-0.1, -0.05) is 26.7 Å². The third kappa shape index (κ3) is 5.66. The zero-order valence-corrected chi connectivity index (χ0v) is 13.0. The molecule has 0 aromatic rings. The van der Waals surface area contributed by atoms with Crippen LogP contribution in [0.2, 0.25) is 0 Å². The van der Waals surface area contributed by atoms with Crippen molar-refractivity contribution in [2.24, 2.45) is 5.92 Å². The van der Waals surface area contributed by atoms with Gasteiger partial charge in [-0.3, -0.25) is 0 Å². The summed E-state index contributed by atoms with van der Waals surface area (Å²) in [5.74, 6) is 1.72. The zero-order chi connectivity index (χ0) is 15.8. The highest BCUT2D eigenvalue weighted by atomic mass is 16.4. The van der Waals surface area contributed by atoms with Gasteiger partial charge in [-0.2, -0.15) is 0 Å². The van der Waals surface area contributed by atoms with Crippen LogP contribution in [-0.4, -0.2) is 40.6 Å². The average Bonchev–Trinajstić information content (AvgIpc) is 2.91. The van der Waals surface area contributed by atoms with Crippen LogP contribution in [0.1, 0.15) is 52.4 Å². The lowest BCUT2D eigenvalue weighted by atomic mass is 10.1. The third-order valence-electron chi connectivity index (χ3n) is 3.89. The number of terminal acetylenes is 1. The summed E-state index contributed by atoms with van der Waals surface area (Å²) in [5.41, 5.74) is 0. The number of hydrogen-bond acceptors (Lipinski definition) is 2. The molecule has 0 aromatic carbocycles. The van der Waals surface area contributed by atoms with E-state index in [1.807, 2.05) is 0 Å². The van der Waals surface area contributed by atoms with Crippen molar-refractivity contribution in [3.63, 3.8) is 0 Å². The maximum Gasteiger partial charge on any atom is 0.327 e. The standard InChI is InChI=1S/C16H26N2O3/c1-4-7-14(15(19)20)17-16(21)18(11-10-12(2)3)13-8-5-6-9-13/h1,12-14H,5-11H2,2-3H3,(H,17,21)(H,19,20). The molecule has 0 aromatic heterocycles. The predicted molar refractivity (Wildman–Crippen MR) is 81.8 cm³/mol. The largest absolute Gasteiger partial charge is 0.480 e. The van der Waals surface area contributed by atoms with E-state index in [-0.39, 0.29) is 18.5 Å². The Bertz CT molecular complexity index is 395. The van der Waals surface area contributed by atoms with Gasteiger partial charge < -0.3 is 15.3 Å². The molecule has 0 spiro atoms. The molecule has 118 valence electrons. The number of amides is 2. The normalized spacial score (nSPS) is 16.5. The topological polar surface area (TPSA) is 69.6 Å². The number of aliphatic carboxylic acids is 1.